The van der Waals surface area contributed by atoms with Crippen LogP contribution in [0.3, 0.4) is 0 Å². The Kier molecular flexibility index (Phi) is 28.6. The van der Waals surface area contributed by atoms with E-state index in [1.807, 2.05) is 0 Å². The number of benzene rings is 4. The predicted octanol–water partition coefficient (Wildman–Crippen LogP) is 5.63. The lowest BCUT2D eigenvalue weighted by molar-refractivity contribution is -0.123. The van der Waals surface area contributed by atoms with E-state index in [4.69, 9.17) is 9.47 Å². The highest BCUT2D eigenvalue weighted by Crippen LogP contribution is 2.44. The van der Waals surface area contributed by atoms with E-state index in [1.165, 1.54) is 43.9 Å². The number of hydrogen-bond donors (Lipinski definition) is 13. The van der Waals surface area contributed by atoms with Crippen LogP contribution >= 0.6 is 30.4 Å². The first kappa shape index (κ1) is 68.1. The van der Waals surface area contributed by atoms with Crippen molar-refractivity contribution in [2.75, 3.05) is 58.1 Å². The van der Waals surface area contributed by atoms with Crippen molar-refractivity contribution in [2.24, 2.45) is 0 Å². The van der Waals surface area contributed by atoms with Gasteiger partial charge in [-0.25, -0.2) is 0 Å². The minimum Gasteiger partial charge on any atom is -0.508 e. The minimum absolute atomic E-state index is 0.00572. The number of Topliss-reactive ketones (excluding diaryl/α,β-unsaturated/α-hetero) is 1. The summed E-state index contributed by atoms with van der Waals surface area (Å²) in [4.78, 5) is 112. The van der Waals surface area contributed by atoms with E-state index in [-0.39, 0.29) is 126 Å². The number of nitrogens with one attached hydrogen (secondary N) is 1. The van der Waals surface area contributed by atoms with E-state index in [2.05, 4.69) is 5.32 Å². The number of ketones is 1. The summed E-state index contributed by atoms with van der Waals surface area (Å²) in [5.74, 6) is -1.01. The number of phenolic OH excluding ortho intramolecular Hbond substituents is 4. The van der Waals surface area contributed by atoms with Crippen LogP contribution in [0.2, 0.25) is 0 Å². The van der Waals surface area contributed by atoms with Crippen LogP contribution in [-0.4, -0.2) is 161 Å². The van der Waals surface area contributed by atoms with Gasteiger partial charge < -0.3 is 74.4 Å². The number of ether oxygens (including phenoxy) is 2. The molecule has 0 aliphatic heterocycles. The molecule has 0 saturated carbocycles. The van der Waals surface area contributed by atoms with Crippen molar-refractivity contribution in [3.8, 4) is 23.0 Å². The Balaban J connectivity index is 1.21. The molecule has 0 aliphatic carbocycles. The number of carbonyl (C=O) groups excluding carboxylic acids is 2. The van der Waals surface area contributed by atoms with Crippen molar-refractivity contribution < 1.29 is 96.9 Å². The molecule has 4 rings (SSSR count). The molecule has 0 fully saturated rings. The number of unbranched alkanes of at least 4 members (excludes halogenated alkanes) is 3. The normalized spacial score (nSPS) is 12.7. The van der Waals surface area contributed by atoms with Crippen molar-refractivity contribution in [2.45, 2.75) is 103 Å². The zero-order chi connectivity index (χ0) is 58.9. The number of hydrogen-bond acceptors (Lipinski definition) is 16. The van der Waals surface area contributed by atoms with Crippen molar-refractivity contribution in [3.63, 3.8) is 0 Å². The molecule has 0 spiro atoms. The van der Waals surface area contributed by atoms with Crippen LogP contribution in [0.25, 0.3) is 0 Å². The maximum atomic E-state index is 12.8. The highest BCUT2D eigenvalue weighted by atomic mass is 31.2. The molecule has 1 amide bonds. The van der Waals surface area contributed by atoms with Crippen LogP contribution < -0.4 is 5.32 Å². The van der Waals surface area contributed by atoms with E-state index in [1.54, 1.807) is 72.8 Å². The van der Waals surface area contributed by atoms with E-state index in [0.29, 0.717) is 54.4 Å². The van der Waals surface area contributed by atoms with Crippen molar-refractivity contribution in [3.05, 3.63) is 119 Å². The lowest BCUT2D eigenvalue weighted by Gasteiger charge is -2.40. The van der Waals surface area contributed by atoms with E-state index < -0.39 is 67.9 Å². The number of aromatic hydroxyl groups is 4. The average Bonchev–Trinajstić information content (AvgIpc) is 3.42. The lowest BCUT2D eigenvalue weighted by atomic mass is 10.1. The summed E-state index contributed by atoms with van der Waals surface area (Å²) >= 11 is 0. The van der Waals surface area contributed by atoms with Gasteiger partial charge in [-0.15, -0.1) is 0 Å². The number of para-hydroxylation sites is 4. The summed E-state index contributed by atoms with van der Waals surface area (Å²) in [7, 11) is -19.1. The third-order valence-corrected chi connectivity index (χ3v) is 15.5. The number of rotatable bonds is 40. The van der Waals surface area contributed by atoms with Gasteiger partial charge in [0.2, 0.25) is 5.91 Å². The molecular formula is C51H77N5O20P4. The van der Waals surface area contributed by atoms with Gasteiger partial charge in [-0.3, -0.25) is 47.4 Å². The standard InChI is InChI=1S/C51H77N5O20P4/c57-44(18-2-1-3-23-50(53(36-77(63,64)65)32-40-14-4-8-19-45(40)58)54(37-78(66,67)68)33-41-15-5-9-20-46(41)59)25-28-75-30-31-76-29-26-49(62)52-27-13-12-24-51(55(38-79(69,70)71)34-42-16-6-10-21-47(42)60)56(39-80(72,73)74)35-43-17-7-11-22-48(43)61/h4-11,14-17,19-22,50-51,58-61H,1-3,12-13,18,23-39H2,(H,52,62)(H2,63,64,65)(H2,66,67,68)(H2,69,70,71)(H2,72,73,74). The Morgan fingerprint density at radius 2 is 0.725 bits per heavy atom. The largest absolute Gasteiger partial charge is 0.508 e. The topological polar surface area (TPSA) is 389 Å². The van der Waals surface area contributed by atoms with Gasteiger partial charge in [-0.1, -0.05) is 85.6 Å². The van der Waals surface area contributed by atoms with Crippen molar-refractivity contribution in [1.82, 2.24) is 24.9 Å². The number of nitrogens with zero attached hydrogens (tertiary/aromatic N) is 4. The number of amides is 1. The fourth-order valence-electron chi connectivity index (χ4n) is 8.98. The smallest absolute Gasteiger partial charge is 0.339 e. The first-order valence-corrected chi connectivity index (χ1v) is 33.0. The highest BCUT2D eigenvalue weighted by molar-refractivity contribution is 7.52. The van der Waals surface area contributed by atoms with Crippen LogP contribution in [-0.2, 0) is 63.5 Å². The molecule has 4 aromatic carbocycles. The third-order valence-electron chi connectivity index (χ3n) is 12.6. The van der Waals surface area contributed by atoms with Gasteiger partial charge in [0.1, 0.15) is 53.9 Å². The minimum atomic E-state index is -4.79. The van der Waals surface area contributed by atoms with E-state index >= 15 is 0 Å². The summed E-state index contributed by atoms with van der Waals surface area (Å²) in [6.45, 7) is -0.164. The van der Waals surface area contributed by atoms with Crippen LogP contribution in [0, 0.1) is 0 Å². The molecule has 0 aliphatic rings. The van der Waals surface area contributed by atoms with Crippen LogP contribution in [0.4, 0.5) is 0 Å². The van der Waals surface area contributed by atoms with Gasteiger partial charge >= 0.3 is 30.4 Å². The second-order valence-electron chi connectivity index (χ2n) is 19.4. The SMILES string of the molecule is O=C(CCCCCC(N(Cc1ccccc1O)CP(=O)(O)O)N(Cc1ccccc1O)CP(=O)(O)O)CCOCCOCCC(=O)NCCCCC(N(Cc1ccccc1O)CP(=O)(O)O)N(Cc1ccccc1O)CP(=O)(O)O. The second-order valence-corrected chi connectivity index (χ2v) is 25.8. The highest BCUT2D eigenvalue weighted by Gasteiger charge is 2.36. The Bertz CT molecular complexity index is 2410. The second kappa shape index (κ2) is 33.6. The summed E-state index contributed by atoms with van der Waals surface area (Å²) < 4.78 is 61.0. The molecule has 0 aromatic heterocycles. The maximum absolute atomic E-state index is 12.8. The molecule has 13 N–H and O–H groups in total. The van der Waals surface area contributed by atoms with Gasteiger partial charge in [0.25, 0.3) is 0 Å². The Morgan fingerprint density at radius 3 is 1.05 bits per heavy atom. The summed E-state index contributed by atoms with van der Waals surface area (Å²) in [5, 5.41) is 45.0. The Morgan fingerprint density at radius 1 is 0.412 bits per heavy atom. The van der Waals surface area contributed by atoms with Crippen LogP contribution in [0.5, 0.6) is 23.0 Å². The molecule has 29 heteroatoms. The Labute approximate surface area is 465 Å². The van der Waals surface area contributed by atoms with E-state index in [0.717, 1.165) is 0 Å². The summed E-state index contributed by atoms with van der Waals surface area (Å²) in [6.07, 6.45) is -2.81. The lowest BCUT2D eigenvalue weighted by Crippen LogP contribution is -2.48. The average molecular weight is 1200 g/mol. The molecule has 446 valence electrons. The number of carbonyl (C=O) groups is 2. The maximum Gasteiger partial charge on any atom is 0.339 e. The van der Waals surface area contributed by atoms with Gasteiger partial charge in [0.15, 0.2) is 0 Å². The molecule has 0 bridgehead atoms. The molecule has 80 heavy (non-hydrogen) atoms. The third kappa shape index (κ3) is 27.6. The van der Waals surface area contributed by atoms with Crippen LogP contribution in [0.15, 0.2) is 97.1 Å². The van der Waals surface area contributed by atoms with Crippen molar-refractivity contribution in [1.29, 1.82) is 0 Å². The molecule has 25 nitrogen and oxygen atoms in total. The van der Waals surface area contributed by atoms with Gasteiger partial charge in [-0.2, -0.15) is 0 Å². The fraction of sp³-hybridized carbons (Fsp3) is 0.490. The molecule has 0 saturated heterocycles. The van der Waals surface area contributed by atoms with Crippen molar-refractivity contribution >= 4 is 42.1 Å². The molecule has 0 heterocycles. The molecular weight excluding hydrogens is 1130 g/mol. The quantitative estimate of drug-likeness (QED) is 0.0146. The summed E-state index contributed by atoms with van der Waals surface area (Å²) in [5.41, 5.74) is 1.25. The van der Waals surface area contributed by atoms with Crippen LogP contribution in [0.1, 0.15) is 86.5 Å². The van der Waals surface area contributed by atoms with Gasteiger partial charge in [0.05, 0.1) is 38.8 Å². The predicted molar refractivity (Wildman–Crippen MR) is 296 cm³/mol. The fourth-order valence-corrected chi connectivity index (χ4v) is 12.0. The van der Waals surface area contributed by atoms with E-state index in [9.17, 15) is 87.4 Å². The van der Waals surface area contributed by atoms with Gasteiger partial charge in [-0.05, 0) is 56.4 Å². The molecule has 4 aromatic rings. The molecule has 0 atom stereocenters. The zero-order valence-electron chi connectivity index (χ0n) is 44.4. The molecule has 0 radical (unpaired) electrons. The Hall–Kier alpha value is -4.42. The number of phenols is 4. The molecule has 0 unspecified atom stereocenters. The van der Waals surface area contributed by atoms with Gasteiger partial charge in [0, 0.05) is 74.2 Å². The first-order valence-electron chi connectivity index (χ1n) is 25.8. The summed E-state index contributed by atoms with van der Waals surface area (Å²) in [6, 6.07) is 24.7. The zero-order valence-corrected chi connectivity index (χ0v) is 47.9. The first-order chi connectivity index (χ1) is 37.7. The monoisotopic (exact) mass is 1200 g/mol.